The average Bonchev–Trinajstić information content (AvgIpc) is 2.50. The van der Waals surface area contributed by atoms with Gasteiger partial charge < -0.3 is 10.6 Å². The molecule has 8 heteroatoms. The van der Waals surface area contributed by atoms with E-state index in [1.54, 1.807) is 12.1 Å². The highest BCUT2D eigenvalue weighted by molar-refractivity contribution is 7.91. The van der Waals surface area contributed by atoms with E-state index >= 15 is 0 Å². The highest BCUT2D eigenvalue weighted by atomic mass is 35.5. The first-order chi connectivity index (χ1) is 10.8. The lowest BCUT2D eigenvalue weighted by Crippen LogP contribution is -2.33. The maximum atomic E-state index is 13.0. The van der Waals surface area contributed by atoms with Gasteiger partial charge in [0.25, 0.3) is 0 Å². The van der Waals surface area contributed by atoms with Crippen LogP contribution >= 0.6 is 11.6 Å². The molecule has 23 heavy (non-hydrogen) atoms. The Kier molecular flexibility index (Phi) is 5.23. The number of hydrogen-bond acceptors (Lipinski definition) is 3. The molecule has 0 aliphatic carbocycles. The van der Waals surface area contributed by atoms with E-state index in [-0.39, 0.29) is 15.6 Å². The van der Waals surface area contributed by atoms with Gasteiger partial charge in [-0.15, -0.1) is 0 Å². The quantitative estimate of drug-likeness (QED) is 0.882. The van der Waals surface area contributed by atoms with E-state index in [1.165, 1.54) is 24.3 Å². The Labute approximate surface area is 138 Å². The topological polar surface area (TPSA) is 75.3 Å². The van der Waals surface area contributed by atoms with E-state index in [2.05, 4.69) is 10.6 Å². The lowest BCUT2D eigenvalue weighted by Gasteiger charge is -2.09. The van der Waals surface area contributed by atoms with Crippen molar-refractivity contribution >= 4 is 33.2 Å². The van der Waals surface area contributed by atoms with Crippen LogP contribution in [0.3, 0.4) is 0 Å². The summed E-state index contributed by atoms with van der Waals surface area (Å²) in [5.74, 6) is -1.17. The van der Waals surface area contributed by atoms with Gasteiger partial charge in [-0.3, -0.25) is 0 Å². The molecule has 0 fully saturated rings. The third kappa shape index (κ3) is 4.67. The number of anilines is 1. The molecule has 0 radical (unpaired) electrons. The van der Waals surface area contributed by atoms with Gasteiger partial charge in [0.05, 0.1) is 9.92 Å². The second-order valence-corrected chi connectivity index (χ2v) is 7.23. The van der Waals surface area contributed by atoms with Crippen molar-refractivity contribution in [3.8, 4) is 0 Å². The van der Waals surface area contributed by atoms with Crippen molar-refractivity contribution in [2.75, 3.05) is 11.2 Å². The molecule has 0 aromatic heterocycles. The van der Waals surface area contributed by atoms with Gasteiger partial charge in [-0.05, 0) is 37.3 Å². The van der Waals surface area contributed by atoms with Crippen LogP contribution in [0.5, 0.6) is 0 Å². The zero-order chi connectivity index (χ0) is 17.0. The number of sulfone groups is 1. The van der Waals surface area contributed by atoms with Gasteiger partial charge in [-0.25, -0.2) is 17.6 Å². The minimum Gasteiger partial charge on any atom is -0.323 e. The van der Waals surface area contributed by atoms with Crippen molar-refractivity contribution in [3.63, 3.8) is 0 Å². The summed E-state index contributed by atoms with van der Waals surface area (Å²) in [6.07, 6.45) is 0. The number of hydrogen-bond donors (Lipinski definition) is 2. The van der Waals surface area contributed by atoms with Gasteiger partial charge >= 0.3 is 6.03 Å². The van der Waals surface area contributed by atoms with Gasteiger partial charge in [0, 0.05) is 5.69 Å². The van der Waals surface area contributed by atoms with Crippen molar-refractivity contribution in [1.82, 2.24) is 5.32 Å². The van der Waals surface area contributed by atoms with Crippen LogP contribution in [0.25, 0.3) is 0 Å². The van der Waals surface area contributed by atoms with E-state index in [9.17, 15) is 17.6 Å². The van der Waals surface area contributed by atoms with Crippen molar-refractivity contribution < 1.29 is 17.6 Å². The number of aryl methyl sites for hydroxylation is 1. The summed E-state index contributed by atoms with van der Waals surface area (Å²) >= 11 is 5.60. The fourth-order valence-corrected chi connectivity index (χ4v) is 2.96. The largest absolute Gasteiger partial charge is 0.323 e. The fraction of sp³-hybridized carbons (Fsp3) is 0.133. The van der Waals surface area contributed by atoms with Crippen molar-refractivity contribution in [2.24, 2.45) is 0 Å². The van der Waals surface area contributed by atoms with Crippen LogP contribution in [-0.2, 0) is 9.84 Å². The van der Waals surface area contributed by atoms with E-state index in [0.717, 1.165) is 11.6 Å². The lowest BCUT2D eigenvalue weighted by molar-refractivity contribution is 0.253. The zero-order valence-electron chi connectivity index (χ0n) is 12.1. The zero-order valence-corrected chi connectivity index (χ0v) is 13.7. The number of amides is 2. The summed E-state index contributed by atoms with van der Waals surface area (Å²) in [6.45, 7) is 1.84. The second kappa shape index (κ2) is 6.97. The molecule has 0 atom stereocenters. The number of benzene rings is 2. The monoisotopic (exact) mass is 356 g/mol. The normalized spacial score (nSPS) is 11.1. The molecule has 0 saturated heterocycles. The molecule has 0 bridgehead atoms. The van der Waals surface area contributed by atoms with E-state index in [0.29, 0.717) is 0 Å². The minimum atomic E-state index is -3.64. The van der Waals surface area contributed by atoms with Crippen LogP contribution in [0.2, 0.25) is 5.02 Å². The summed E-state index contributed by atoms with van der Waals surface area (Å²) in [5, 5.41) is 4.48. The first-order valence-corrected chi connectivity index (χ1v) is 8.60. The second-order valence-electron chi connectivity index (χ2n) is 4.83. The molecule has 0 heterocycles. The first-order valence-electron chi connectivity index (χ1n) is 6.57. The van der Waals surface area contributed by atoms with Gasteiger partial charge in [-0.2, -0.15) is 0 Å². The van der Waals surface area contributed by atoms with E-state index in [1.807, 2.05) is 6.92 Å². The molecule has 0 aliphatic rings. The number of rotatable bonds is 4. The predicted octanol–water partition coefficient (Wildman–Crippen LogP) is 3.34. The maximum Gasteiger partial charge on any atom is 0.320 e. The van der Waals surface area contributed by atoms with Crippen LogP contribution in [-0.4, -0.2) is 20.3 Å². The SMILES string of the molecule is Cc1ccc(S(=O)(=O)CNC(=O)Nc2ccc(F)c(Cl)c2)cc1. The Bertz CT molecular complexity index is 823. The van der Waals surface area contributed by atoms with Crippen molar-refractivity contribution in [1.29, 1.82) is 0 Å². The maximum absolute atomic E-state index is 13.0. The molecule has 2 rings (SSSR count). The van der Waals surface area contributed by atoms with Crippen LogP contribution in [0.4, 0.5) is 14.9 Å². The Morgan fingerprint density at radius 3 is 2.43 bits per heavy atom. The average molecular weight is 357 g/mol. The number of urea groups is 1. The Morgan fingerprint density at radius 2 is 1.83 bits per heavy atom. The molecule has 0 aliphatic heterocycles. The molecular weight excluding hydrogens is 343 g/mol. The molecule has 2 aromatic rings. The highest BCUT2D eigenvalue weighted by Gasteiger charge is 2.15. The minimum absolute atomic E-state index is 0.119. The van der Waals surface area contributed by atoms with Gasteiger partial charge in [0.15, 0.2) is 9.84 Å². The molecule has 0 spiro atoms. The van der Waals surface area contributed by atoms with Crippen molar-refractivity contribution in [3.05, 3.63) is 58.9 Å². The molecule has 122 valence electrons. The number of halogens is 2. The number of carbonyl (C=O) groups is 1. The molecule has 2 amide bonds. The van der Waals surface area contributed by atoms with Crippen molar-refractivity contribution in [2.45, 2.75) is 11.8 Å². The molecule has 2 N–H and O–H groups in total. The lowest BCUT2D eigenvalue weighted by atomic mass is 10.2. The third-order valence-electron chi connectivity index (χ3n) is 2.98. The van der Waals surface area contributed by atoms with Crippen LogP contribution in [0.1, 0.15) is 5.56 Å². The summed E-state index contributed by atoms with van der Waals surface area (Å²) in [5.41, 5.74) is 1.18. The molecule has 0 saturated carbocycles. The first kappa shape index (κ1) is 17.2. The molecule has 0 unspecified atom stereocenters. The van der Waals surface area contributed by atoms with Gasteiger partial charge in [-0.1, -0.05) is 29.3 Å². The van der Waals surface area contributed by atoms with Crippen LogP contribution in [0.15, 0.2) is 47.4 Å². The van der Waals surface area contributed by atoms with E-state index in [4.69, 9.17) is 11.6 Å². The fourth-order valence-electron chi connectivity index (χ4n) is 1.74. The molecular formula is C15H14ClFN2O3S. The van der Waals surface area contributed by atoms with Gasteiger partial charge in [0.2, 0.25) is 0 Å². The van der Waals surface area contributed by atoms with E-state index < -0.39 is 27.6 Å². The Hall–Kier alpha value is -2.12. The number of nitrogens with one attached hydrogen (secondary N) is 2. The smallest absolute Gasteiger partial charge is 0.320 e. The predicted molar refractivity (Wildman–Crippen MR) is 86.8 cm³/mol. The summed E-state index contributed by atoms with van der Waals surface area (Å²) in [7, 11) is -3.64. The Morgan fingerprint density at radius 1 is 1.17 bits per heavy atom. The summed E-state index contributed by atoms with van der Waals surface area (Å²) < 4.78 is 37.2. The van der Waals surface area contributed by atoms with Gasteiger partial charge in [0.1, 0.15) is 11.7 Å². The van der Waals surface area contributed by atoms with Crippen LogP contribution < -0.4 is 10.6 Å². The molecule has 2 aromatic carbocycles. The van der Waals surface area contributed by atoms with Crippen LogP contribution in [0, 0.1) is 12.7 Å². The third-order valence-corrected chi connectivity index (χ3v) is 4.78. The highest BCUT2D eigenvalue weighted by Crippen LogP contribution is 2.19. The molecule has 5 nitrogen and oxygen atoms in total. The number of carbonyl (C=O) groups excluding carboxylic acids is 1. The summed E-state index contributed by atoms with van der Waals surface area (Å²) in [4.78, 5) is 11.8. The standard InChI is InChI=1S/C15H14ClFN2O3S/c1-10-2-5-12(6-3-10)23(21,22)9-18-15(20)19-11-4-7-14(17)13(16)8-11/h2-8H,9H2,1H3,(H2,18,19,20). The summed E-state index contributed by atoms with van der Waals surface area (Å²) in [6, 6.07) is 9.21. The Balaban J connectivity index is 1.98.